The lowest BCUT2D eigenvalue weighted by molar-refractivity contribution is 0.254. The van der Waals surface area contributed by atoms with Crippen LogP contribution in [0.15, 0.2) is 35.6 Å². The van der Waals surface area contributed by atoms with Crippen molar-refractivity contribution in [1.82, 2.24) is 15.6 Å². The van der Waals surface area contributed by atoms with Gasteiger partial charge in [-0.3, -0.25) is 9.98 Å². The Labute approximate surface area is 190 Å². The van der Waals surface area contributed by atoms with Crippen molar-refractivity contribution in [3.63, 3.8) is 0 Å². The lowest BCUT2D eigenvalue weighted by Gasteiger charge is -2.16. The second kappa shape index (κ2) is 11.2. The molecule has 2 N–H and O–H groups in total. The highest BCUT2D eigenvalue weighted by molar-refractivity contribution is 14.0. The molecule has 1 aliphatic rings. The number of hydrogen-bond acceptors (Lipinski definition) is 4. The Hall–Kier alpha value is -2.03. The van der Waals surface area contributed by atoms with Gasteiger partial charge in [-0.25, -0.2) is 0 Å². The van der Waals surface area contributed by atoms with E-state index in [1.165, 1.54) is 16.7 Å². The van der Waals surface area contributed by atoms with Crippen LogP contribution in [-0.2, 0) is 19.4 Å². The first-order chi connectivity index (χ1) is 13.6. The summed E-state index contributed by atoms with van der Waals surface area (Å²) in [6, 6.07) is 6.26. The summed E-state index contributed by atoms with van der Waals surface area (Å²) in [5, 5.41) is 6.75. The van der Waals surface area contributed by atoms with E-state index in [4.69, 9.17) is 9.47 Å². The zero-order chi connectivity index (χ0) is 19.9. The van der Waals surface area contributed by atoms with E-state index < -0.39 is 0 Å². The molecule has 1 unspecified atom stereocenters. The van der Waals surface area contributed by atoms with Crippen LogP contribution in [-0.4, -0.2) is 37.2 Å². The molecule has 0 amide bonds. The van der Waals surface area contributed by atoms with Crippen molar-refractivity contribution in [2.45, 2.75) is 46.3 Å². The number of nitrogens with one attached hydrogen (secondary N) is 2. The van der Waals surface area contributed by atoms with E-state index >= 15 is 0 Å². The second-order valence-corrected chi connectivity index (χ2v) is 7.04. The van der Waals surface area contributed by atoms with Gasteiger partial charge in [0.2, 0.25) is 0 Å². The number of fused-ring (bicyclic) bond motifs is 1. The number of halogens is 1. The Morgan fingerprint density at radius 3 is 2.86 bits per heavy atom. The minimum absolute atomic E-state index is 0. The molecule has 0 fully saturated rings. The number of guanidine groups is 1. The number of benzene rings is 1. The lowest BCUT2D eigenvalue weighted by Crippen LogP contribution is -2.38. The van der Waals surface area contributed by atoms with Gasteiger partial charge in [-0.05, 0) is 56.5 Å². The van der Waals surface area contributed by atoms with Gasteiger partial charge in [-0.15, -0.1) is 24.0 Å². The van der Waals surface area contributed by atoms with Gasteiger partial charge >= 0.3 is 0 Å². The van der Waals surface area contributed by atoms with E-state index in [0.29, 0.717) is 13.2 Å². The molecule has 0 spiro atoms. The van der Waals surface area contributed by atoms with Gasteiger partial charge < -0.3 is 20.1 Å². The zero-order valence-corrected chi connectivity index (χ0v) is 19.9. The van der Waals surface area contributed by atoms with Crippen LogP contribution in [0.1, 0.15) is 36.1 Å². The molecule has 29 heavy (non-hydrogen) atoms. The molecule has 1 atom stereocenters. The number of hydrogen-bond donors (Lipinski definition) is 2. The summed E-state index contributed by atoms with van der Waals surface area (Å²) in [5.41, 5.74) is 4.79. The van der Waals surface area contributed by atoms with E-state index in [1.807, 2.05) is 19.3 Å². The van der Waals surface area contributed by atoms with Crippen LogP contribution in [0, 0.1) is 6.92 Å². The molecule has 0 aliphatic carbocycles. The lowest BCUT2D eigenvalue weighted by atomic mass is 10.1. The van der Waals surface area contributed by atoms with Crippen molar-refractivity contribution in [3.05, 3.63) is 52.8 Å². The van der Waals surface area contributed by atoms with Crippen molar-refractivity contribution >= 4 is 29.9 Å². The first kappa shape index (κ1) is 23.3. The van der Waals surface area contributed by atoms with E-state index in [-0.39, 0.29) is 30.1 Å². The summed E-state index contributed by atoms with van der Waals surface area (Å²) in [6.45, 7) is 8.24. The Morgan fingerprint density at radius 2 is 2.14 bits per heavy atom. The monoisotopic (exact) mass is 510 g/mol. The smallest absolute Gasteiger partial charge is 0.191 e. The SMILES string of the molecule is CCOc1cc2c(cc1CNC(=NC)NCCc1ccncc1C)OC(C)C2.I. The van der Waals surface area contributed by atoms with Crippen LogP contribution in [0.25, 0.3) is 0 Å². The summed E-state index contributed by atoms with van der Waals surface area (Å²) < 4.78 is 11.8. The highest BCUT2D eigenvalue weighted by Gasteiger charge is 2.21. The van der Waals surface area contributed by atoms with Crippen LogP contribution in [0.2, 0.25) is 0 Å². The summed E-state index contributed by atoms with van der Waals surface area (Å²) in [6.07, 6.45) is 5.80. The molecule has 2 aromatic rings. The highest BCUT2D eigenvalue weighted by atomic mass is 127. The third-order valence-corrected chi connectivity index (χ3v) is 4.87. The fourth-order valence-corrected chi connectivity index (χ4v) is 3.41. The number of aryl methyl sites for hydroxylation is 1. The van der Waals surface area contributed by atoms with Crippen LogP contribution in [0.3, 0.4) is 0 Å². The van der Waals surface area contributed by atoms with Gasteiger partial charge in [0.25, 0.3) is 0 Å². The standard InChI is InChI=1S/C22H30N4O2.HI/c1-5-27-20-11-18-10-16(3)28-21(18)12-19(20)14-26-22(23-4)25-9-7-17-6-8-24-13-15(17)2;/h6,8,11-13,16H,5,7,9-10,14H2,1-4H3,(H2,23,25,26);1H. The topological polar surface area (TPSA) is 67.8 Å². The van der Waals surface area contributed by atoms with Crippen molar-refractivity contribution in [2.24, 2.45) is 4.99 Å². The molecule has 158 valence electrons. The molecule has 0 bridgehead atoms. The van der Waals surface area contributed by atoms with Crippen LogP contribution in [0.4, 0.5) is 0 Å². The molecule has 1 aromatic carbocycles. The van der Waals surface area contributed by atoms with Gasteiger partial charge in [0.05, 0.1) is 6.61 Å². The molecule has 1 aromatic heterocycles. The van der Waals surface area contributed by atoms with E-state index in [1.54, 1.807) is 7.05 Å². The van der Waals surface area contributed by atoms with Gasteiger partial charge in [0.1, 0.15) is 17.6 Å². The third kappa shape index (κ3) is 6.22. The minimum atomic E-state index is 0. The van der Waals surface area contributed by atoms with Crippen molar-refractivity contribution in [3.8, 4) is 11.5 Å². The van der Waals surface area contributed by atoms with Crippen LogP contribution < -0.4 is 20.1 Å². The molecule has 3 rings (SSSR count). The number of aromatic nitrogens is 1. The Balaban J connectivity index is 0.00000300. The number of aliphatic imine (C=N–C) groups is 1. The normalized spacial score (nSPS) is 15.2. The van der Waals surface area contributed by atoms with E-state index in [0.717, 1.165) is 42.4 Å². The second-order valence-electron chi connectivity index (χ2n) is 7.04. The fraction of sp³-hybridized carbons (Fsp3) is 0.455. The molecule has 1 aliphatic heterocycles. The van der Waals surface area contributed by atoms with Crippen molar-refractivity contribution in [2.75, 3.05) is 20.2 Å². The van der Waals surface area contributed by atoms with Crippen LogP contribution in [0.5, 0.6) is 11.5 Å². The summed E-state index contributed by atoms with van der Waals surface area (Å²) >= 11 is 0. The summed E-state index contributed by atoms with van der Waals surface area (Å²) in [4.78, 5) is 8.47. The molecule has 0 saturated carbocycles. The number of rotatable bonds is 7. The van der Waals surface area contributed by atoms with Gasteiger partial charge in [0, 0.05) is 50.1 Å². The maximum Gasteiger partial charge on any atom is 0.191 e. The number of ether oxygens (including phenoxy) is 2. The third-order valence-electron chi connectivity index (χ3n) is 4.87. The van der Waals surface area contributed by atoms with Gasteiger partial charge in [-0.2, -0.15) is 0 Å². The predicted molar refractivity (Wildman–Crippen MR) is 128 cm³/mol. The first-order valence-corrected chi connectivity index (χ1v) is 9.90. The predicted octanol–water partition coefficient (Wildman–Crippen LogP) is 3.64. The quantitative estimate of drug-likeness (QED) is 0.338. The molecule has 2 heterocycles. The average molecular weight is 510 g/mol. The molecular formula is C22H31IN4O2. The Bertz CT molecular complexity index is 842. The van der Waals surface area contributed by atoms with Crippen LogP contribution >= 0.6 is 24.0 Å². The van der Waals surface area contributed by atoms with E-state index in [2.05, 4.69) is 52.7 Å². The maximum absolute atomic E-state index is 5.90. The zero-order valence-electron chi connectivity index (χ0n) is 17.6. The molecular weight excluding hydrogens is 479 g/mol. The highest BCUT2D eigenvalue weighted by Crippen LogP contribution is 2.35. The summed E-state index contributed by atoms with van der Waals surface area (Å²) in [7, 11) is 1.78. The largest absolute Gasteiger partial charge is 0.494 e. The van der Waals surface area contributed by atoms with Gasteiger partial charge in [0.15, 0.2) is 5.96 Å². The van der Waals surface area contributed by atoms with Crippen molar-refractivity contribution < 1.29 is 9.47 Å². The van der Waals surface area contributed by atoms with Crippen molar-refractivity contribution in [1.29, 1.82) is 0 Å². The molecule has 0 radical (unpaired) electrons. The number of nitrogens with zero attached hydrogens (tertiary/aromatic N) is 2. The fourth-order valence-electron chi connectivity index (χ4n) is 3.41. The maximum atomic E-state index is 5.90. The molecule has 6 nitrogen and oxygen atoms in total. The molecule has 0 saturated heterocycles. The molecule has 7 heteroatoms. The Kier molecular flexibility index (Phi) is 9.00. The minimum Gasteiger partial charge on any atom is -0.494 e. The first-order valence-electron chi connectivity index (χ1n) is 9.90. The van der Waals surface area contributed by atoms with Gasteiger partial charge in [-0.1, -0.05) is 0 Å². The van der Waals surface area contributed by atoms with E-state index in [9.17, 15) is 0 Å². The average Bonchev–Trinajstić information content (AvgIpc) is 3.05. The summed E-state index contributed by atoms with van der Waals surface area (Å²) in [5.74, 6) is 2.64. The number of pyridine rings is 1. The Morgan fingerprint density at radius 1 is 1.31 bits per heavy atom.